The topological polar surface area (TPSA) is 42.4 Å². The van der Waals surface area contributed by atoms with E-state index in [1.807, 2.05) is 13.8 Å². The molecule has 1 aromatic heterocycles. The van der Waals surface area contributed by atoms with E-state index in [4.69, 9.17) is 10.2 Å². The molecule has 0 aliphatic carbocycles. The van der Waals surface area contributed by atoms with Crippen molar-refractivity contribution in [2.24, 2.45) is 11.7 Å². The standard InChI is InChI=1S/C13H22N2O/c1-8-6-15(7-13(8)14)10(3)12-5-9(2)16-11(12)4/h5,8,10,13H,6-7,14H2,1-4H3. The van der Waals surface area contributed by atoms with Crippen molar-refractivity contribution in [1.82, 2.24) is 4.90 Å². The maximum atomic E-state index is 6.06. The molecule has 1 aliphatic rings. The van der Waals surface area contributed by atoms with Gasteiger partial charge in [0.2, 0.25) is 0 Å². The number of furan rings is 1. The van der Waals surface area contributed by atoms with E-state index in [1.54, 1.807) is 0 Å². The zero-order valence-electron chi connectivity index (χ0n) is 10.7. The summed E-state index contributed by atoms with van der Waals surface area (Å²) in [6.45, 7) is 10.6. The Bertz CT molecular complexity index is 362. The molecule has 0 radical (unpaired) electrons. The number of rotatable bonds is 2. The van der Waals surface area contributed by atoms with E-state index in [1.165, 1.54) is 5.56 Å². The van der Waals surface area contributed by atoms with Crippen molar-refractivity contribution < 1.29 is 4.42 Å². The van der Waals surface area contributed by atoms with E-state index in [0.717, 1.165) is 24.6 Å². The van der Waals surface area contributed by atoms with Gasteiger partial charge in [0.05, 0.1) is 0 Å². The summed E-state index contributed by atoms with van der Waals surface area (Å²) in [4.78, 5) is 2.45. The van der Waals surface area contributed by atoms with Crippen molar-refractivity contribution in [2.75, 3.05) is 13.1 Å². The predicted molar refractivity (Wildman–Crippen MR) is 65.3 cm³/mol. The van der Waals surface area contributed by atoms with Crippen LogP contribution in [-0.4, -0.2) is 24.0 Å². The van der Waals surface area contributed by atoms with Gasteiger partial charge in [0.15, 0.2) is 0 Å². The number of aryl methyl sites for hydroxylation is 2. The van der Waals surface area contributed by atoms with E-state index in [0.29, 0.717) is 18.0 Å². The molecule has 0 bridgehead atoms. The fraction of sp³-hybridized carbons (Fsp3) is 0.692. The lowest BCUT2D eigenvalue weighted by Gasteiger charge is -2.23. The Hall–Kier alpha value is -0.800. The quantitative estimate of drug-likeness (QED) is 0.834. The van der Waals surface area contributed by atoms with Gasteiger partial charge in [0.25, 0.3) is 0 Å². The van der Waals surface area contributed by atoms with Crippen molar-refractivity contribution >= 4 is 0 Å². The molecular formula is C13H22N2O. The van der Waals surface area contributed by atoms with Crippen LogP contribution in [0.4, 0.5) is 0 Å². The molecule has 0 aromatic carbocycles. The first kappa shape index (κ1) is 11.7. The van der Waals surface area contributed by atoms with Crippen molar-refractivity contribution in [3.05, 3.63) is 23.2 Å². The molecule has 3 atom stereocenters. The molecule has 90 valence electrons. The number of nitrogens with zero attached hydrogens (tertiary/aromatic N) is 1. The molecule has 3 heteroatoms. The number of hydrogen-bond donors (Lipinski definition) is 1. The Morgan fingerprint density at radius 1 is 1.44 bits per heavy atom. The summed E-state index contributed by atoms with van der Waals surface area (Å²) in [5, 5.41) is 0. The van der Waals surface area contributed by atoms with Crippen LogP contribution in [0.5, 0.6) is 0 Å². The fourth-order valence-corrected chi connectivity index (χ4v) is 2.61. The highest BCUT2D eigenvalue weighted by atomic mass is 16.3. The van der Waals surface area contributed by atoms with Crippen LogP contribution in [0.15, 0.2) is 10.5 Å². The lowest BCUT2D eigenvalue weighted by atomic mass is 10.1. The maximum absolute atomic E-state index is 6.06. The molecule has 0 amide bonds. The highest BCUT2D eigenvalue weighted by Crippen LogP contribution is 2.30. The minimum atomic E-state index is 0.316. The van der Waals surface area contributed by atoms with Gasteiger partial charge in [0, 0.05) is 30.7 Å². The number of hydrogen-bond acceptors (Lipinski definition) is 3. The van der Waals surface area contributed by atoms with Gasteiger partial charge in [-0.2, -0.15) is 0 Å². The van der Waals surface area contributed by atoms with Crippen LogP contribution < -0.4 is 5.73 Å². The minimum absolute atomic E-state index is 0.316. The molecule has 2 heterocycles. The van der Waals surface area contributed by atoms with Gasteiger partial charge in [-0.05, 0) is 32.8 Å². The van der Waals surface area contributed by atoms with Crippen molar-refractivity contribution in [3.8, 4) is 0 Å². The lowest BCUT2D eigenvalue weighted by Crippen LogP contribution is -2.29. The second-order valence-corrected chi connectivity index (χ2v) is 5.14. The van der Waals surface area contributed by atoms with Gasteiger partial charge in [-0.3, -0.25) is 4.90 Å². The summed E-state index contributed by atoms with van der Waals surface area (Å²) < 4.78 is 5.59. The summed E-state index contributed by atoms with van der Waals surface area (Å²) >= 11 is 0. The SMILES string of the molecule is Cc1cc(C(C)N2CC(C)C(N)C2)c(C)o1. The van der Waals surface area contributed by atoms with Crippen LogP contribution in [0.1, 0.15) is 37.0 Å². The second-order valence-electron chi connectivity index (χ2n) is 5.14. The molecule has 3 unspecified atom stereocenters. The Morgan fingerprint density at radius 3 is 2.56 bits per heavy atom. The molecule has 3 nitrogen and oxygen atoms in total. The van der Waals surface area contributed by atoms with Crippen LogP contribution in [-0.2, 0) is 0 Å². The minimum Gasteiger partial charge on any atom is -0.466 e. The van der Waals surface area contributed by atoms with Gasteiger partial charge in [-0.1, -0.05) is 6.92 Å². The fourth-order valence-electron chi connectivity index (χ4n) is 2.61. The second kappa shape index (κ2) is 4.22. The molecule has 2 N–H and O–H groups in total. The maximum Gasteiger partial charge on any atom is 0.105 e. The normalized spacial score (nSPS) is 28.6. The van der Waals surface area contributed by atoms with Crippen LogP contribution in [0.3, 0.4) is 0 Å². The molecule has 1 saturated heterocycles. The van der Waals surface area contributed by atoms with Crippen molar-refractivity contribution in [2.45, 2.75) is 39.8 Å². The third-order valence-corrected chi connectivity index (χ3v) is 3.78. The summed E-state index contributed by atoms with van der Waals surface area (Å²) in [6, 6.07) is 2.87. The lowest BCUT2D eigenvalue weighted by molar-refractivity contribution is 0.251. The van der Waals surface area contributed by atoms with Crippen LogP contribution in [0.2, 0.25) is 0 Å². The van der Waals surface area contributed by atoms with Gasteiger partial charge in [-0.25, -0.2) is 0 Å². The van der Waals surface area contributed by atoms with Crippen LogP contribution in [0.25, 0.3) is 0 Å². The van der Waals surface area contributed by atoms with E-state index >= 15 is 0 Å². The molecular weight excluding hydrogens is 200 g/mol. The van der Waals surface area contributed by atoms with Crippen LogP contribution in [0, 0.1) is 19.8 Å². The van der Waals surface area contributed by atoms with Crippen molar-refractivity contribution in [1.29, 1.82) is 0 Å². The van der Waals surface area contributed by atoms with E-state index < -0.39 is 0 Å². The van der Waals surface area contributed by atoms with Gasteiger partial charge < -0.3 is 10.2 Å². The van der Waals surface area contributed by atoms with E-state index in [-0.39, 0.29) is 0 Å². The Kier molecular flexibility index (Phi) is 3.08. The van der Waals surface area contributed by atoms with Gasteiger partial charge >= 0.3 is 0 Å². The average Bonchev–Trinajstić information content (AvgIpc) is 2.70. The van der Waals surface area contributed by atoms with Crippen molar-refractivity contribution in [3.63, 3.8) is 0 Å². The first-order chi connectivity index (χ1) is 7.49. The average molecular weight is 222 g/mol. The third-order valence-electron chi connectivity index (χ3n) is 3.78. The molecule has 16 heavy (non-hydrogen) atoms. The monoisotopic (exact) mass is 222 g/mol. The third kappa shape index (κ3) is 2.02. The Balaban J connectivity index is 2.14. The van der Waals surface area contributed by atoms with Crippen LogP contribution >= 0.6 is 0 Å². The molecule has 0 saturated carbocycles. The smallest absolute Gasteiger partial charge is 0.105 e. The summed E-state index contributed by atoms with van der Waals surface area (Å²) in [6.07, 6.45) is 0. The first-order valence-electron chi connectivity index (χ1n) is 6.05. The zero-order chi connectivity index (χ0) is 11.9. The first-order valence-corrected chi connectivity index (χ1v) is 6.05. The highest BCUT2D eigenvalue weighted by Gasteiger charge is 2.31. The van der Waals surface area contributed by atoms with Gasteiger partial charge in [-0.15, -0.1) is 0 Å². The Labute approximate surface area is 97.6 Å². The predicted octanol–water partition coefficient (Wildman–Crippen LogP) is 2.24. The Morgan fingerprint density at radius 2 is 2.12 bits per heavy atom. The summed E-state index contributed by atoms with van der Waals surface area (Å²) in [5.41, 5.74) is 7.37. The molecule has 1 aromatic rings. The largest absolute Gasteiger partial charge is 0.466 e. The number of likely N-dealkylation sites (tertiary alicyclic amines) is 1. The van der Waals surface area contributed by atoms with E-state index in [9.17, 15) is 0 Å². The summed E-state index contributed by atoms with van der Waals surface area (Å²) in [7, 11) is 0. The molecule has 1 fully saturated rings. The zero-order valence-corrected chi connectivity index (χ0v) is 10.7. The van der Waals surface area contributed by atoms with Gasteiger partial charge in [0.1, 0.15) is 11.5 Å². The van der Waals surface area contributed by atoms with E-state index in [2.05, 4.69) is 24.8 Å². The molecule has 2 rings (SSSR count). The highest BCUT2D eigenvalue weighted by molar-refractivity contribution is 5.24. The molecule has 0 spiro atoms. The number of nitrogens with two attached hydrogens (primary N) is 1. The summed E-state index contributed by atoms with van der Waals surface area (Å²) in [5.74, 6) is 2.63. The molecule has 1 aliphatic heterocycles.